The van der Waals surface area contributed by atoms with Gasteiger partial charge in [0.05, 0.1) is 11.0 Å². The summed E-state index contributed by atoms with van der Waals surface area (Å²) in [5.41, 5.74) is 0.956. The minimum atomic E-state index is -4.02. The molecular formula is C10H15BrO4S. The largest absolute Gasteiger partial charge is 0.393 e. The molecule has 6 heteroatoms. The van der Waals surface area contributed by atoms with Gasteiger partial charge in [0.1, 0.15) is 0 Å². The van der Waals surface area contributed by atoms with E-state index in [1.165, 1.54) is 12.1 Å². The molecule has 1 aromatic rings. The van der Waals surface area contributed by atoms with Gasteiger partial charge in [0, 0.05) is 5.33 Å². The summed E-state index contributed by atoms with van der Waals surface area (Å²) in [6.07, 6.45) is -0.199. The number of hydrogen-bond acceptors (Lipinski definition) is 3. The van der Waals surface area contributed by atoms with Crippen molar-refractivity contribution in [3.8, 4) is 0 Å². The molecule has 0 radical (unpaired) electrons. The molecule has 4 nitrogen and oxygen atoms in total. The third-order valence-electron chi connectivity index (χ3n) is 1.54. The van der Waals surface area contributed by atoms with Crippen molar-refractivity contribution in [3.63, 3.8) is 0 Å². The zero-order valence-corrected chi connectivity index (χ0v) is 11.5. The SMILES string of the molecule is CC(O)CBr.Cc1ccc(S(=O)(=O)O)cc1. The number of aliphatic hydroxyl groups is 1. The van der Waals surface area contributed by atoms with Crippen LogP contribution < -0.4 is 0 Å². The van der Waals surface area contributed by atoms with Gasteiger partial charge in [0.25, 0.3) is 10.1 Å². The fourth-order valence-electron chi connectivity index (χ4n) is 0.710. The Labute approximate surface area is 104 Å². The lowest BCUT2D eigenvalue weighted by Gasteiger charge is -1.95. The van der Waals surface area contributed by atoms with Crippen molar-refractivity contribution >= 4 is 26.0 Å². The Bertz CT molecular complexity index is 397. The molecule has 1 atom stereocenters. The Hall–Kier alpha value is -0.430. The van der Waals surface area contributed by atoms with Crippen molar-refractivity contribution in [2.75, 3.05) is 5.33 Å². The third-order valence-corrected chi connectivity index (χ3v) is 3.35. The summed E-state index contributed by atoms with van der Waals surface area (Å²) in [7, 11) is -4.02. The number of alkyl halides is 1. The molecule has 0 saturated heterocycles. The molecular weight excluding hydrogens is 296 g/mol. The molecule has 0 fully saturated rings. The standard InChI is InChI=1S/C7H8O3S.C3H7BrO/c1-6-2-4-7(5-3-6)11(8,9)10;1-3(5)2-4/h2-5H,1H3,(H,8,9,10);3,5H,2H2,1H3. The Morgan fingerprint density at radius 3 is 1.94 bits per heavy atom. The van der Waals surface area contributed by atoms with Crippen molar-refractivity contribution in [2.24, 2.45) is 0 Å². The van der Waals surface area contributed by atoms with Crippen LogP contribution in [0, 0.1) is 6.92 Å². The first kappa shape index (κ1) is 15.6. The van der Waals surface area contributed by atoms with E-state index in [-0.39, 0.29) is 11.0 Å². The molecule has 1 aromatic carbocycles. The van der Waals surface area contributed by atoms with Crippen molar-refractivity contribution in [2.45, 2.75) is 24.8 Å². The molecule has 0 heterocycles. The number of aryl methyl sites for hydroxylation is 1. The molecule has 0 aliphatic rings. The van der Waals surface area contributed by atoms with Gasteiger partial charge in [-0.25, -0.2) is 0 Å². The summed E-state index contributed by atoms with van der Waals surface area (Å²) in [5, 5.41) is 8.99. The molecule has 2 N–H and O–H groups in total. The maximum absolute atomic E-state index is 10.5. The summed E-state index contributed by atoms with van der Waals surface area (Å²) < 4.78 is 29.6. The fourth-order valence-corrected chi connectivity index (χ4v) is 1.19. The second-order valence-corrected chi connectivity index (χ2v) is 5.36. The highest BCUT2D eigenvalue weighted by Crippen LogP contribution is 2.08. The number of aliphatic hydroxyl groups excluding tert-OH is 1. The smallest absolute Gasteiger partial charge is 0.294 e. The highest BCUT2D eigenvalue weighted by molar-refractivity contribution is 9.09. The van der Waals surface area contributed by atoms with Gasteiger partial charge in [-0.2, -0.15) is 8.42 Å². The van der Waals surface area contributed by atoms with Gasteiger partial charge in [0.15, 0.2) is 0 Å². The Morgan fingerprint density at radius 1 is 1.31 bits per heavy atom. The van der Waals surface area contributed by atoms with Crippen LogP contribution in [-0.4, -0.2) is 29.5 Å². The Balaban J connectivity index is 0.000000385. The molecule has 0 amide bonds. The van der Waals surface area contributed by atoms with E-state index in [4.69, 9.17) is 9.66 Å². The average molecular weight is 311 g/mol. The van der Waals surface area contributed by atoms with Crippen molar-refractivity contribution in [1.29, 1.82) is 0 Å². The Kier molecular flexibility index (Phi) is 6.82. The van der Waals surface area contributed by atoms with Crippen LogP contribution in [0.3, 0.4) is 0 Å². The number of benzene rings is 1. The van der Waals surface area contributed by atoms with Crippen LogP contribution >= 0.6 is 15.9 Å². The maximum Gasteiger partial charge on any atom is 0.294 e. The molecule has 16 heavy (non-hydrogen) atoms. The van der Waals surface area contributed by atoms with Gasteiger partial charge in [-0.05, 0) is 26.0 Å². The van der Waals surface area contributed by atoms with Crippen LogP contribution in [0.1, 0.15) is 12.5 Å². The molecule has 0 aliphatic heterocycles. The summed E-state index contributed by atoms with van der Waals surface area (Å²) in [4.78, 5) is -0.0666. The monoisotopic (exact) mass is 310 g/mol. The quantitative estimate of drug-likeness (QED) is 0.647. The van der Waals surface area contributed by atoms with Gasteiger partial charge in [-0.1, -0.05) is 33.6 Å². The zero-order valence-electron chi connectivity index (χ0n) is 9.09. The topological polar surface area (TPSA) is 74.6 Å². The van der Waals surface area contributed by atoms with Gasteiger partial charge in [0.2, 0.25) is 0 Å². The second-order valence-electron chi connectivity index (χ2n) is 3.29. The fraction of sp³-hybridized carbons (Fsp3) is 0.400. The van der Waals surface area contributed by atoms with Crippen LogP contribution in [-0.2, 0) is 10.1 Å². The van der Waals surface area contributed by atoms with E-state index in [0.717, 1.165) is 5.56 Å². The van der Waals surface area contributed by atoms with Gasteiger partial charge in [-0.3, -0.25) is 4.55 Å². The molecule has 1 unspecified atom stereocenters. The highest BCUT2D eigenvalue weighted by atomic mass is 79.9. The zero-order chi connectivity index (χ0) is 12.8. The van der Waals surface area contributed by atoms with E-state index >= 15 is 0 Å². The van der Waals surface area contributed by atoms with E-state index in [9.17, 15) is 8.42 Å². The van der Waals surface area contributed by atoms with Gasteiger partial charge in [-0.15, -0.1) is 0 Å². The molecule has 0 spiro atoms. The lowest BCUT2D eigenvalue weighted by atomic mass is 10.2. The third kappa shape index (κ3) is 6.95. The van der Waals surface area contributed by atoms with E-state index in [1.54, 1.807) is 19.1 Å². The molecule has 0 bridgehead atoms. The normalized spacial score (nSPS) is 12.6. The minimum absolute atomic E-state index is 0.0666. The summed E-state index contributed by atoms with van der Waals surface area (Å²) >= 11 is 3.06. The molecule has 0 saturated carbocycles. The summed E-state index contributed by atoms with van der Waals surface area (Å²) in [5.74, 6) is 0. The van der Waals surface area contributed by atoms with Crippen LogP contribution in [0.5, 0.6) is 0 Å². The molecule has 92 valence electrons. The highest BCUT2D eigenvalue weighted by Gasteiger charge is 2.06. The molecule has 0 aliphatic carbocycles. The van der Waals surface area contributed by atoms with Crippen LogP contribution in [0.15, 0.2) is 29.2 Å². The lowest BCUT2D eigenvalue weighted by Crippen LogP contribution is -1.97. The predicted molar refractivity (Wildman–Crippen MR) is 66.5 cm³/mol. The maximum atomic E-state index is 10.5. The first-order chi connectivity index (χ1) is 7.27. The molecule has 0 aromatic heterocycles. The van der Waals surface area contributed by atoms with E-state index < -0.39 is 10.1 Å². The van der Waals surface area contributed by atoms with Crippen molar-refractivity contribution < 1.29 is 18.1 Å². The minimum Gasteiger partial charge on any atom is -0.393 e. The lowest BCUT2D eigenvalue weighted by molar-refractivity contribution is 0.222. The van der Waals surface area contributed by atoms with Crippen molar-refractivity contribution in [1.82, 2.24) is 0 Å². The van der Waals surface area contributed by atoms with E-state index in [0.29, 0.717) is 5.33 Å². The van der Waals surface area contributed by atoms with Crippen molar-refractivity contribution in [3.05, 3.63) is 29.8 Å². The number of halogens is 1. The average Bonchev–Trinajstić information content (AvgIpc) is 2.18. The van der Waals surface area contributed by atoms with Gasteiger partial charge < -0.3 is 5.11 Å². The second kappa shape index (κ2) is 7.01. The Morgan fingerprint density at radius 2 is 1.69 bits per heavy atom. The van der Waals surface area contributed by atoms with Crippen LogP contribution in [0.4, 0.5) is 0 Å². The summed E-state index contributed by atoms with van der Waals surface area (Å²) in [6.45, 7) is 3.57. The van der Waals surface area contributed by atoms with Gasteiger partial charge >= 0.3 is 0 Å². The first-order valence-electron chi connectivity index (χ1n) is 4.55. The first-order valence-corrected chi connectivity index (χ1v) is 7.11. The number of hydrogen-bond donors (Lipinski definition) is 2. The molecule has 1 rings (SSSR count). The van der Waals surface area contributed by atoms with E-state index in [1.807, 2.05) is 6.92 Å². The van der Waals surface area contributed by atoms with E-state index in [2.05, 4.69) is 15.9 Å². The summed E-state index contributed by atoms with van der Waals surface area (Å²) in [6, 6.07) is 5.99. The predicted octanol–water partition coefficient (Wildman–Crippen LogP) is 2.00. The number of rotatable bonds is 2. The van der Waals surface area contributed by atoms with Crippen LogP contribution in [0.25, 0.3) is 0 Å². The van der Waals surface area contributed by atoms with Crippen LogP contribution in [0.2, 0.25) is 0 Å².